The van der Waals surface area contributed by atoms with Crippen LogP contribution in [0.3, 0.4) is 0 Å². The fraction of sp³-hybridized carbons (Fsp3) is 0.500. The summed E-state index contributed by atoms with van der Waals surface area (Å²) in [6, 6.07) is 0. The molecule has 0 unspecified atom stereocenters. The number of allylic oxidation sites excluding steroid dienone is 2. The van der Waals surface area contributed by atoms with Gasteiger partial charge >= 0.3 is 0 Å². The Hall–Kier alpha value is -0.920. The summed E-state index contributed by atoms with van der Waals surface area (Å²) in [6.07, 6.45) is 5.45. The maximum Gasteiger partial charge on any atom is 0.145 e. The van der Waals surface area contributed by atoms with Crippen LogP contribution < -0.4 is 0 Å². The normalized spacial score (nSPS) is 11.1. The van der Waals surface area contributed by atoms with Crippen LogP contribution in [0.5, 0.6) is 0 Å². The molecular weight excluding hydrogens is 128 g/mol. The highest BCUT2D eigenvalue weighted by molar-refractivity contribution is 5.72. The number of carbonyl (C=O) groups excluding carboxylic acids is 2. The summed E-state index contributed by atoms with van der Waals surface area (Å²) in [4.78, 5) is 20.0. The molecule has 0 atom stereocenters. The minimum Gasteiger partial charge on any atom is -0.303 e. The van der Waals surface area contributed by atoms with Gasteiger partial charge in [-0.25, -0.2) is 0 Å². The van der Waals surface area contributed by atoms with Gasteiger partial charge in [0.05, 0.1) is 0 Å². The molecule has 2 heteroatoms. The third-order valence-electron chi connectivity index (χ3n) is 1.25. The number of hydrogen-bond donors (Lipinski definition) is 0. The molecular formula is C8H12O2. The average molecular weight is 140 g/mol. The Morgan fingerprint density at radius 1 is 1.30 bits per heavy atom. The Kier molecular flexibility index (Phi) is 5.63. The van der Waals surface area contributed by atoms with Gasteiger partial charge in [-0.15, -0.1) is 0 Å². The summed E-state index contributed by atoms with van der Waals surface area (Å²) in [5, 5.41) is 0. The van der Waals surface area contributed by atoms with Gasteiger partial charge in [0.15, 0.2) is 0 Å². The van der Waals surface area contributed by atoms with Gasteiger partial charge in [0.2, 0.25) is 0 Å². The maximum absolute atomic E-state index is 10.2. The predicted octanol–water partition coefficient (Wildman–Crippen LogP) is 1.50. The van der Waals surface area contributed by atoms with Crippen LogP contribution in [0.4, 0.5) is 0 Å². The van der Waals surface area contributed by atoms with E-state index >= 15 is 0 Å². The van der Waals surface area contributed by atoms with Crippen LogP contribution in [0.1, 0.15) is 26.2 Å². The summed E-state index contributed by atoms with van der Waals surface area (Å²) in [5.41, 5.74) is 0.779. The fourth-order valence-corrected chi connectivity index (χ4v) is 0.613. The molecule has 0 bridgehead atoms. The first-order valence-electron chi connectivity index (χ1n) is 3.43. The molecule has 0 spiro atoms. The lowest BCUT2D eigenvalue weighted by molar-refractivity contribution is -0.108. The van der Waals surface area contributed by atoms with Crippen molar-refractivity contribution in [2.75, 3.05) is 0 Å². The van der Waals surface area contributed by atoms with E-state index in [2.05, 4.69) is 0 Å². The number of rotatable bonds is 5. The summed E-state index contributed by atoms with van der Waals surface area (Å²) in [5.74, 6) is 0. The predicted molar refractivity (Wildman–Crippen MR) is 39.7 cm³/mol. The van der Waals surface area contributed by atoms with Gasteiger partial charge in [0, 0.05) is 6.42 Å². The molecule has 0 aromatic heterocycles. The van der Waals surface area contributed by atoms with Crippen LogP contribution in [0.25, 0.3) is 0 Å². The Balaban J connectivity index is 3.62. The van der Waals surface area contributed by atoms with Crippen LogP contribution in [-0.2, 0) is 9.59 Å². The highest BCUT2D eigenvalue weighted by Crippen LogP contribution is 1.98. The number of aldehydes is 2. The molecule has 0 aromatic carbocycles. The van der Waals surface area contributed by atoms with Crippen molar-refractivity contribution >= 4 is 12.6 Å². The average Bonchev–Trinajstić information content (AvgIpc) is 1.99. The highest BCUT2D eigenvalue weighted by atomic mass is 16.1. The van der Waals surface area contributed by atoms with Gasteiger partial charge in [0.25, 0.3) is 0 Å². The van der Waals surface area contributed by atoms with E-state index in [1.165, 1.54) is 0 Å². The van der Waals surface area contributed by atoms with E-state index < -0.39 is 0 Å². The largest absolute Gasteiger partial charge is 0.303 e. The van der Waals surface area contributed by atoms with Crippen molar-refractivity contribution in [3.63, 3.8) is 0 Å². The molecule has 56 valence electrons. The lowest BCUT2D eigenvalue weighted by atomic mass is 10.2. The molecule has 0 saturated heterocycles. The molecule has 0 aliphatic heterocycles. The second-order valence-electron chi connectivity index (χ2n) is 1.99. The highest BCUT2D eigenvalue weighted by Gasteiger charge is 1.88. The fourth-order valence-electron chi connectivity index (χ4n) is 0.613. The van der Waals surface area contributed by atoms with E-state index in [1.54, 1.807) is 6.08 Å². The molecule has 0 heterocycles. The van der Waals surface area contributed by atoms with E-state index in [0.717, 1.165) is 24.6 Å². The molecule has 0 aromatic rings. The first-order valence-corrected chi connectivity index (χ1v) is 3.43. The number of carbonyl (C=O) groups is 2. The molecule has 10 heavy (non-hydrogen) atoms. The summed E-state index contributed by atoms with van der Waals surface area (Å²) < 4.78 is 0. The van der Waals surface area contributed by atoms with Gasteiger partial charge in [-0.3, -0.25) is 4.79 Å². The van der Waals surface area contributed by atoms with Crippen molar-refractivity contribution in [1.82, 2.24) is 0 Å². The molecule has 0 amide bonds. The third kappa shape index (κ3) is 4.01. The summed E-state index contributed by atoms with van der Waals surface area (Å²) in [7, 11) is 0. The summed E-state index contributed by atoms with van der Waals surface area (Å²) >= 11 is 0. The Morgan fingerprint density at radius 2 is 2.00 bits per heavy atom. The standard InChI is InChI=1S/C8H12O2/c1-2-8(7-10)5-3-4-6-9/h5-7H,2-4H2,1H3. The van der Waals surface area contributed by atoms with Crippen molar-refractivity contribution in [2.24, 2.45) is 0 Å². The molecule has 0 saturated carbocycles. The topological polar surface area (TPSA) is 34.1 Å². The van der Waals surface area contributed by atoms with Crippen LogP contribution in [-0.4, -0.2) is 12.6 Å². The van der Waals surface area contributed by atoms with Gasteiger partial charge in [-0.2, -0.15) is 0 Å². The Labute approximate surface area is 60.9 Å². The van der Waals surface area contributed by atoms with E-state index in [0.29, 0.717) is 12.8 Å². The molecule has 2 nitrogen and oxygen atoms in total. The number of unbranched alkanes of at least 4 members (excludes halogenated alkanes) is 1. The van der Waals surface area contributed by atoms with Gasteiger partial charge < -0.3 is 4.79 Å². The van der Waals surface area contributed by atoms with Crippen molar-refractivity contribution in [2.45, 2.75) is 26.2 Å². The minimum absolute atomic E-state index is 0.511. The molecule has 0 aliphatic carbocycles. The SMILES string of the molecule is CCC(C=O)=CCCC=O. The zero-order valence-electron chi connectivity index (χ0n) is 6.17. The van der Waals surface area contributed by atoms with Crippen molar-refractivity contribution in [3.8, 4) is 0 Å². The van der Waals surface area contributed by atoms with E-state index in [9.17, 15) is 9.59 Å². The van der Waals surface area contributed by atoms with Crippen molar-refractivity contribution in [1.29, 1.82) is 0 Å². The zero-order chi connectivity index (χ0) is 7.82. The first-order chi connectivity index (χ1) is 4.85. The number of hydrogen-bond acceptors (Lipinski definition) is 2. The van der Waals surface area contributed by atoms with Crippen LogP contribution in [0.15, 0.2) is 11.6 Å². The second kappa shape index (κ2) is 6.20. The Bertz CT molecular complexity index is 136. The molecule has 0 aliphatic rings. The Morgan fingerprint density at radius 3 is 2.40 bits per heavy atom. The van der Waals surface area contributed by atoms with Crippen LogP contribution in [0.2, 0.25) is 0 Å². The monoisotopic (exact) mass is 140 g/mol. The maximum atomic E-state index is 10.2. The molecule has 0 rings (SSSR count). The van der Waals surface area contributed by atoms with E-state index in [4.69, 9.17) is 0 Å². The van der Waals surface area contributed by atoms with Crippen molar-refractivity contribution < 1.29 is 9.59 Å². The third-order valence-corrected chi connectivity index (χ3v) is 1.25. The van der Waals surface area contributed by atoms with Crippen molar-refractivity contribution in [3.05, 3.63) is 11.6 Å². The van der Waals surface area contributed by atoms with Gasteiger partial charge in [-0.1, -0.05) is 13.0 Å². The van der Waals surface area contributed by atoms with E-state index in [-0.39, 0.29) is 0 Å². The van der Waals surface area contributed by atoms with E-state index in [1.807, 2.05) is 6.92 Å². The summed E-state index contributed by atoms with van der Waals surface area (Å²) in [6.45, 7) is 1.92. The minimum atomic E-state index is 0.511. The van der Waals surface area contributed by atoms with Gasteiger partial charge in [0.1, 0.15) is 12.6 Å². The van der Waals surface area contributed by atoms with Crippen LogP contribution >= 0.6 is 0 Å². The molecule has 0 radical (unpaired) electrons. The quantitative estimate of drug-likeness (QED) is 0.329. The second-order valence-corrected chi connectivity index (χ2v) is 1.99. The molecule has 0 N–H and O–H groups in total. The molecule has 0 fully saturated rings. The zero-order valence-corrected chi connectivity index (χ0v) is 6.17. The lowest BCUT2D eigenvalue weighted by Gasteiger charge is -1.89. The van der Waals surface area contributed by atoms with Gasteiger partial charge in [-0.05, 0) is 18.4 Å². The smallest absolute Gasteiger partial charge is 0.145 e. The van der Waals surface area contributed by atoms with Crippen LogP contribution in [0, 0.1) is 0 Å². The first kappa shape index (κ1) is 9.08. The lowest BCUT2D eigenvalue weighted by Crippen LogP contribution is -1.82.